The van der Waals surface area contributed by atoms with Gasteiger partial charge in [0.1, 0.15) is 12.4 Å². The molecule has 2 N–H and O–H groups in total. The third kappa shape index (κ3) is 4.25. The van der Waals surface area contributed by atoms with E-state index in [4.69, 9.17) is 4.74 Å². The van der Waals surface area contributed by atoms with Gasteiger partial charge in [0.25, 0.3) is 5.69 Å². The first kappa shape index (κ1) is 14.9. The van der Waals surface area contributed by atoms with Crippen LogP contribution in [0.15, 0.2) is 24.3 Å². The summed E-state index contributed by atoms with van der Waals surface area (Å²) in [4.78, 5) is 32.5. The molecule has 112 valence electrons. The van der Waals surface area contributed by atoms with Crippen molar-refractivity contribution in [2.75, 3.05) is 13.2 Å². The van der Waals surface area contributed by atoms with Gasteiger partial charge in [0.2, 0.25) is 11.8 Å². The number of nitro groups is 1. The van der Waals surface area contributed by atoms with Crippen LogP contribution in [0.25, 0.3) is 0 Å². The molecule has 1 heterocycles. The Morgan fingerprint density at radius 1 is 1.33 bits per heavy atom. The molecule has 8 heteroatoms. The lowest BCUT2D eigenvalue weighted by Crippen LogP contribution is -2.51. The second-order valence-electron chi connectivity index (χ2n) is 4.56. The van der Waals surface area contributed by atoms with Crippen molar-refractivity contribution in [1.29, 1.82) is 0 Å². The van der Waals surface area contributed by atoms with Crippen molar-refractivity contribution in [2.45, 2.75) is 18.9 Å². The second-order valence-corrected chi connectivity index (χ2v) is 4.56. The number of nitrogens with one attached hydrogen (secondary N) is 2. The van der Waals surface area contributed by atoms with Crippen LogP contribution in [0.4, 0.5) is 5.69 Å². The predicted molar refractivity (Wildman–Crippen MR) is 72.8 cm³/mol. The normalized spacial score (nSPS) is 18.2. The van der Waals surface area contributed by atoms with Crippen LogP contribution in [0.2, 0.25) is 0 Å². The molecule has 1 aromatic rings. The first-order valence-corrected chi connectivity index (χ1v) is 6.50. The van der Waals surface area contributed by atoms with Crippen LogP contribution >= 0.6 is 0 Å². The van der Waals surface area contributed by atoms with E-state index in [1.165, 1.54) is 24.3 Å². The second kappa shape index (κ2) is 6.80. The summed E-state index contributed by atoms with van der Waals surface area (Å²) >= 11 is 0. The largest absolute Gasteiger partial charge is 0.492 e. The number of piperidine rings is 1. The van der Waals surface area contributed by atoms with Gasteiger partial charge in [-0.15, -0.1) is 0 Å². The van der Waals surface area contributed by atoms with Gasteiger partial charge in [-0.2, -0.15) is 0 Å². The monoisotopic (exact) mass is 293 g/mol. The van der Waals surface area contributed by atoms with E-state index in [2.05, 4.69) is 10.6 Å². The first-order chi connectivity index (χ1) is 10.1. The fourth-order valence-electron chi connectivity index (χ4n) is 1.95. The van der Waals surface area contributed by atoms with E-state index in [1.807, 2.05) is 0 Å². The average molecular weight is 293 g/mol. The van der Waals surface area contributed by atoms with Gasteiger partial charge in [-0.05, 0) is 18.6 Å². The molecule has 2 amide bonds. The van der Waals surface area contributed by atoms with Crippen molar-refractivity contribution >= 4 is 17.5 Å². The van der Waals surface area contributed by atoms with Crippen LogP contribution in [-0.2, 0) is 9.59 Å². The summed E-state index contributed by atoms with van der Waals surface area (Å²) in [5.74, 6) is -0.0487. The predicted octanol–water partition coefficient (Wildman–Crippen LogP) is 0.368. The molecule has 1 unspecified atom stereocenters. The molecule has 21 heavy (non-hydrogen) atoms. The fraction of sp³-hybridized carbons (Fsp3) is 0.385. The van der Waals surface area contributed by atoms with Gasteiger partial charge in [-0.1, -0.05) is 0 Å². The molecule has 0 radical (unpaired) electrons. The first-order valence-electron chi connectivity index (χ1n) is 6.50. The van der Waals surface area contributed by atoms with Crippen LogP contribution in [0.5, 0.6) is 5.75 Å². The zero-order valence-electron chi connectivity index (χ0n) is 11.2. The SMILES string of the molecule is O=C1CCC(NCCOc2ccc([N+](=O)[O-])cc2)C(=O)N1. The van der Waals surface area contributed by atoms with Crippen LogP contribution in [-0.4, -0.2) is 35.9 Å². The van der Waals surface area contributed by atoms with Crippen molar-refractivity contribution in [3.63, 3.8) is 0 Å². The van der Waals surface area contributed by atoms with E-state index in [0.29, 0.717) is 31.7 Å². The van der Waals surface area contributed by atoms with Crippen molar-refractivity contribution < 1.29 is 19.2 Å². The van der Waals surface area contributed by atoms with E-state index < -0.39 is 4.92 Å². The number of benzene rings is 1. The number of imide groups is 1. The topological polar surface area (TPSA) is 111 Å². The van der Waals surface area contributed by atoms with Gasteiger partial charge in [0.15, 0.2) is 0 Å². The van der Waals surface area contributed by atoms with Crippen LogP contribution in [0.3, 0.4) is 0 Å². The molecule has 1 aliphatic rings. The van der Waals surface area contributed by atoms with E-state index in [-0.39, 0.29) is 23.5 Å². The van der Waals surface area contributed by atoms with Crippen molar-refractivity contribution in [2.24, 2.45) is 0 Å². The zero-order chi connectivity index (χ0) is 15.2. The van der Waals surface area contributed by atoms with Crippen LogP contribution in [0.1, 0.15) is 12.8 Å². The summed E-state index contributed by atoms with van der Waals surface area (Å²) in [7, 11) is 0. The standard InChI is InChI=1S/C13H15N3O5/c17-12-6-5-11(13(18)15-12)14-7-8-21-10-3-1-9(2-4-10)16(19)20/h1-4,11,14H,5-8H2,(H,15,17,18). The lowest BCUT2D eigenvalue weighted by atomic mass is 10.1. The molecule has 0 spiro atoms. The summed E-state index contributed by atoms with van der Waals surface area (Å²) in [6, 6.07) is 5.38. The van der Waals surface area contributed by atoms with Gasteiger partial charge < -0.3 is 10.1 Å². The van der Waals surface area contributed by atoms with E-state index >= 15 is 0 Å². The Hall–Kier alpha value is -2.48. The summed E-state index contributed by atoms with van der Waals surface area (Å²) in [5, 5.41) is 15.7. The molecule has 1 aromatic carbocycles. The highest BCUT2D eigenvalue weighted by atomic mass is 16.6. The lowest BCUT2D eigenvalue weighted by Gasteiger charge is -2.21. The molecule has 1 atom stereocenters. The fourth-order valence-corrected chi connectivity index (χ4v) is 1.95. The number of nitro benzene ring substituents is 1. The minimum absolute atomic E-state index is 0.00372. The Balaban J connectivity index is 1.71. The highest BCUT2D eigenvalue weighted by Crippen LogP contribution is 2.17. The third-order valence-electron chi connectivity index (χ3n) is 3.05. The smallest absolute Gasteiger partial charge is 0.269 e. The number of hydrogen-bond acceptors (Lipinski definition) is 6. The molecule has 0 bridgehead atoms. The number of amides is 2. The maximum Gasteiger partial charge on any atom is 0.269 e. The number of carbonyl (C=O) groups is 2. The Morgan fingerprint density at radius 3 is 2.67 bits per heavy atom. The van der Waals surface area contributed by atoms with E-state index in [0.717, 1.165) is 0 Å². The Kier molecular flexibility index (Phi) is 4.83. The number of rotatable bonds is 6. The molecule has 1 fully saturated rings. The number of ether oxygens (including phenoxy) is 1. The summed E-state index contributed by atoms with van der Waals surface area (Å²) < 4.78 is 5.40. The molecule has 0 aromatic heterocycles. The Morgan fingerprint density at radius 2 is 2.05 bits per heavy atom. The van der Waals surface area contributed by atoms with Crippen molar-refractivity contribution in [1.82, 2.24) is 10.6 Å². The molecule has 0 aliphatic carbocycles. The maximum atomic E-state index is 11.5. The number of hydrogen-bond donors (Lipinski definition) is 2. The molecular formula is C13H15N3O5. The minimum atomic E-state index is -0.478. The van der Waals surface area contributed by atoms with Gasteiger partial charge in [-0.3, -0.25) is 25.0 Å². The molecule has 0 saturated carbocycles. The minimum Gasteiger partial charge on any atom is -0.492 e. The molecule has 8 nitrogen and oxygen atoms in total. The maximum absolute atomic E-state index is 11.5. The number of non-ortho nitro benzene ring substituents is 1. The zero-order valence-corrected chi connectivity index (χ0v) is 11.2. The van der Waals surface area contributed by atoms with Crippen molar-refractivity contribution in [3.05, 3.63) is 34.4 Å². The van der Waals surface area contributed by atoms with Gasteiger partial charge >= 0.3 is 0 Å². The van der Waals surface area contributed by atoms with Crippen LogP contribution < -0.4 is 15.4 Å². The highest BCUT2D eigenvalue weighted by Gasteiger charge is 2.25. The molecule has 1 aliphatic heterocycles. The Bertz CT molecular complexity index is 543. The van der Waals surface area contributed by atoms with Gasteiger partial charge in [0.05, 0.1) is 11.0 Å². The number of nitrogens with zero attached hydrogens (tertiary/aromatic N) is 1. The quantitative estimate of drug-likeness (QED) is 0.339. The molecule has 1 saturated heterocycles. The van der Waals surface area contributed by atoms with Crippen LogP contribution in [0, 0.1) is 10.1 Å². The third-order valence-corrected chi connectivity index (χ3v) is 3.05. The lowest BCUT2D eigenvalue weighted by molar-refractivity contribution is -0.384. The van der Waals surface area contributed by atoms with Gasteiger partial charge in [0, 0.05) is 25.1 Å². The average Bonchev–Trinajstić information content (AvgIpc) is 2.46. The molecule has 2 rings (SSSR count). The Labute approximate surface area is 120 Å². The van der Waals surface area contributed by atoms with E-state index in [1.54, 1.807) is 0 Å². The summed E-state index contributed by atoms with van der Waals surface area (Å²) in [6.07, 6.45) is 0.800. The molecular weight excluding hydrogens is 278 g/mol. The summed E-state index contributed by atoms with van der Waals surface area (Å²) in [6.45, 7) is 0.749. The van der Waals surface area contributed by atoms with E-state index in [9.17, 15) is 19.7 Å². The summed E-state index contributed by atoms with van der Waals surface area (Å²) in [5.41, 5.74) is 0.00372. The number of carbonyl (C=O) groups excluding carboxylic acids is 2. The van der Waals surface area contributed by atoms with Crippen molar-refractivity contribution in [3.8, 4) is 5.75 Å². The van der Waals surface area contributed by atoms with Gasteiger partial charge in [-0.25, -0.2) is 0 Å². The highest BCUT2D eigenvalue weighted by molar-refractivity contribution is 6.00.